The fourth-order valence-corrected chi connectivity index (χ4v) is 7.11. The fraction of sp³-hybridized carbons (Fsp3) is 0.182. The fourth-order valence-electron chi connectivity index (χ4n) is 5.46. The van der Waals surface area contributed by atoms with E-state index >= 15 is 0 Å². The summed E-state index contributed by atoms with van der Waals surface area (Å²) < 4.78 is 44.8. The average Bonchev–Trinajstić information content (AvgIpc) is 3.25. The molecule has 0 saturated heterocycles. The summed E-state index contributed by atoms with van der Waals surface area (Å²) in [7, 11) is -3.83. The van der Waals surface area contributed by atoms with Crippen LogP contribution in [0, 0.1) is 18.7 Å². The number of sulfonamides is 1. The van der Waals surface area contributed by atoms with Crippen LogP contribution in [-0.4, -0.2) is 29.7 Å². The Morgan fingerprint density at radius 3 is 2.52 bits per heavy atom. The van der Waals surface area contributed by atoms with Gasteiger partial charge in [0.05, 0.1) is 21.4 Å². The van der Waals surface area contributed by atoms with Gasteiger partial charge in [-0.15, -0.1) is 0 Å². The number of hydrogen-bond donors (Lipinski definition) is 1. The molecule has 1 atom stereocenters. The maximum Gasteiger partial charge on any atom is 0.243 e. The van der Waals surface area contributed by atoms with Crippen molar-refractivity contribution in [3.05, 3.63) is 130 Å². The number of nitrogens with zero attached hydrogens (tertiary/aromatic N) is 2. The highest BCUT2D eigenvalue weighted by Crippen LogP contribution is 2.29. The lowest BCUT2D eigenvalue weighted by molar-refractivity contribution is -0.120. The summed E-state index contributed by atoms with van der Waals surface area (Å²) in [5.41, 5.74) is 4.89. The van der Waals surface area contributed by atoms with Gasteiger partial charge in [-0.05, 0) is 71.8 Å². The van der Waals surface area contributed by atoms with Crippen molar-refractivity contribution in [1.82, 2.24) is 8.87 Å². The average molecular weight is 602 g/mol. The molecule has 4 aromatic carbocycles. The minimum absolute atomic E-state index is 0.0490. The molecule has 42 heavy (non-hydrogen) atoms. The zero-order chi connectivity index (χ0) is 29.4. The van der Waals surface area contributed by atoms with Gasteiger partial charge in [0.1, 0.15) is 5.82 Å². The van der Waals surface area contributed by atoms with Gasteiger partial charge in [0.2, 0.25) is 15.9 Å². The molecule has 0 bridgehead atoms. The molecular formula is C33H29ClFN3O3S. The lowest BCUT2D eigenvalue weighted by Gasteiger charge is -2.24. The number of halogens is 2. The predicted octanol–water partition coefficient (Wildman–Crippen LogP) is 6.79. The van der Waals surface area contributed by atoms with Crippen LogP contribution in [0.25, 0.3) is 10.9 Å². The van der Waals surface area contributed by atoms with Crippen molar-refractivity contribution in [1.29, 1.82) is 0 Å². The van der Waals surface area contributed by atoms with Crippen LogP contribution in [0.1, 0.15) is 22.3 Å². The third-order valence-corrected chi connectivity index (χ3v) is 10.0. The van der Waals surface area contributed by atoms with Gasteiger partial charge in [0.15, 0.2) is 0 Å². The van der Waals surface area contributed by atoms with E-state index in [9.17, 15) is 17.6 Å². The summed E-state index contributed by atoms with van der Waals surface area (Å²) in [5, 5.41) is 4.07. The molecule has 1 unspecified atom stereocenters. The first kappa shape index (κ1) is 28.2. The van der Waals surface area contributed by atoms with E-state index in [0.29, 0.717) is 24.2 Å². The minimum Gasteiger partial charge on any atom is -0.343 e. The Labute approximate surface area is 249 Å². The zero-order valence-corrected chi connectivity index (χ0v) is 24.5. The van der Waals surface area contributed by atoms with Crippen LogP contribution < -0.4 is 5.32 Å². The number of anilines is 1. The third kappa shape index (κ3) is 5.57. The van der Waals surface area contributed by atoms with E-state index < -0.39 is 21.8 Å². The van der Waals surface area contributed by atoms with E-state index in [1.54, 1.807) is 36.4 Å². The van der Waals surface area contributed by atoms with Crippen molar-refractivity contribution in [2.24, 2.45) is 5.92 Å². The van der Waals surface area contributed by atoms with Gasteiger partial charge in [-0.2, -0.15) is 4.31 Å². The molecule has 9 heteroatoms. The Morgan fingerprint density at radius 2 is 1.74 bits per heavy atom. The first-order valence-electron chi connectivity index (χ1n) is 13.7. The topological polar surface area (TPSA) is 71.4 Å². The number of aromatic nitrogens is 1. The first-order valence-corrected chi connectivity index (χ1v) is 15.5. The van der Waals surface area contributed by atoms with Crippen LogP contribution in [0.15, 0.2) is 102 Å². The summed E-state index contributed by atoms with van der Waals surface area (Å²) in [6.07, 6.45) is 2.31. The van der Waals surface area contributed by atoms with Crippen molar-refractivity contribution in [2.75, 3.05) is 11.9 Å². The molecule has 0 aliphatic carbocycles. The number of fused-ring (bicyclic) bond motifs is 2. The van der Waals surface area contributed by atoms with Crippen LogP contribution in [-0.2, 0) is 34.3 Å². The number of amides is 1. The summed E-state index contributed by atoms with van der Waals surface area (Å²) in [6, 6.07) is 26.7. The van der Waals surface area contributed by atoms with Gasteiger partial charge < -0.3 is 9.88 Å². The van der Waals surface area contributed by atoms with E-state index in [2.05, 4.69) is 5.32 Å². The highest BCUT2D eigenvalue weighted by Gasteiger charge is 2.34. The van der Waals surface area contributed by atoms with Crippen molar-refractivity contribution < 1.29 is 17.6 Å². The maximum absolute atomic E-state index is 14.0. The maximum atomic E-state index is 14.0. The second-order valence-electron chi connectivity index (χ2n) is 10.7. The molecule has 0 spiro atoms. The SMILES string of the molecule is Cc1ccc(S(=O)(=O)N2Cc3ccccc3CC(C(=O)Nc3ccc4ccn(Cc5cccc(F)c5Cl)c4c3)C2)cc1. The van der Waals surface area contributed by atoms with Gasteiger partial charge in [0, 0.05) is 31.5 Å². The molecule has 6 rings (SSSR count). The van der Waals surface area contributed by atoms with E-state index in [4.69, 9.17) is 11.6 Å². The normalized spacial score (nSPS) is 15.7. The van der Waals surface area contributed by atoms with Crippen molar-refractivity contribution in [3.8, 4) is 0 Å². The highest BCUT2D eigenvalue weighted by molar-refractivity contribution is 7.89. The number of aryl methyl sites for hydroxylation is 1. The summed E-state index contributed by atoms with van der Waals surface area (Å²) in [6.45, 7) is 2.51. The molecule has 1 aliphatic rings. The number of benzene rings is 4. The molecule has 0 radical (unpaired) electrons. The smallest absolute Gasteiger partial charge is 0.243 e. The molecule has 214 valence electrons. The monoisotopic (exact) mass is 601 g/mol. The van der Waals surface area contributed by atoms with Crippen LogP contribution >= 0.6 is 11.6 Å². The second-order valence-corrected chi connectivity index (χ2v) is 13.0. The first-order chi connectivity index (χ1) is 20.2. The van der Waals surface area contributed by atoms with Crippen LogP contribution in [0.2, 0.25) is 5.02 Å². The molecule has 1 aliphatic heterocycles. The summed E-state index contributed by atoms with van der Waals surface area (Å²) in [4.78, 5) is 13.9. The molecule has 0 saturated carbocycles. The minimum atomic E-state index is -3.83. The third-order valence-electron chi connectivity index (χ3n) is 7.80. The molecule has 2 heterocycles. The lowest BCUT2D eigenvalue weighted by Crippen LogP contribution is -2.38. The van der Waals surface area contributed by atoms with Gasteiger partial charge in [0.25, 0.3) is 0 Å². The Bertz CT molecular complexity index is 1900. The van der Waals surface area contributed by atoms with Crippen molar-refractivity contribution >= 4 is 44.1 Å². The van der Waals surface area contributed by atoms with Crippen molar-refractivity contribution in [2.45, 2.75) is 31.3 Å². The second kappa shape index (κ2) is 11.4. The Kier molecular flexibility index (Phi) is 7.62. The van der Waals surface area contributed by atoms with Gasteiger partial charge in [-0.25, -0.2) is 12.8 Å². The summed E-state index contributed by atoms with van der Waals surface area (Å²) >= 11 is 6.19. The zero-order valence-electron chi connectivity index (χ0n) is 22.9. The Morgan fingerprint density at radius 1 is 0.976 bits per heavy atom. The van der Waals surface area contributed by atoms with Gasteiger partial charge in [-0.1, -0.05) is 71.8 Å². The molecule has 5 aromatic rings. The molecule has 1 amide bonds. The standard InChI is InChI=1S/C33H29ClFN3O3S/c1-22-9-13-29(14-10-22)42(40,41)38-20-25-6-3-2-5-24(25)17-27(21-38)33(39)36-28-12-11-23-15-16-37(31(23)18-28)19-26-7-4-8-30(35)32(26)34/h2-16,18,27H,17,19-21H2,1H3,(H,36,39). The van der Waals surface area contributed by atoms with Crippen LogP contribution in [0.5, 0.6) is 0 Å². The number of carbonyl (C=O) groups is 1. The Balaban J connectivity index is 1.28. The molecule has 1 aromatic heterocycles. The van der Waals surface area contributed by atoms with E-state index in [1.807, 2.05) is 66.2 Å². The van der Waals surface area contributed by atoms with E-state index in [1.165, 1.54) is 10.4 Å². The molecule has 0 fully saturated rings. The number of nitrogens with one attached hydrogen (secondary N) is 1. The number of rotatable bonds is 6. The molecular weight excluding hydrogens is 573 g/mol. The molecule has 6 nitrogen and oxygen atoms in total. The largest absolute Gasteiger partial charge is 0.343 e. The van der Waals surface area contributed by atoms with Crippen LogP contribution in [0.3, 0.4) is 0 Å². The van der Waals surface area contributed by atoms with E-state index in [-0.39, 0.29) is 28.9 Å². The van der Waals surface area contributed by atoms with Gasteiger partial charge >= 0.3 is 0 Å². The van der Waals surface area contributed by atoms with E-state index in [0.717, 1.165) is 27.6 Å². The lowest BCUT2D eigenvalue weighted by atomic mass is 9.96. The molecule has 1 N–H and O–H groups in total. The summed E-state index contributed by atoms with van der Waals surface area (Å²) in [5.74, 6) is -1.34. The van der Waals surface area contributed by atoms with Crippen LogP contribution in [0.4, 0.5) is 10.1 Å². The highest BCUT2D eigenvalue weighted by atomic mass is 35.5. The quantitative estimate of drug-likeness (QED) is 0.233. The van der Waals surface area contributed by atoms with Crippen molar-refractivity contribution in [3.63, 3.8) is 0 Å². The Hall–Kier alpha value is -3.98. The number of hydrogen-bond acceptors (Lipinski definition) is 3. The predicted molar refractivity (Wildman–Crippen MR) is 163 cm³/mol. The number of carbonyl (C=O) groups excluding carboxylic acids is 1. The van der Waals surface area contributed by atoms with Gasteiger partial charge in [-0.3, -0.25) is 4.79 Å².